The third-order valence-corrected chi connectivity index (χ3v) is 9.22. The van der Waals surface area contributed by atoms with Gasteiger partial charge in [-0.25, -0.2) is 0 Å². The van der Waals surface area contributed by atoms with E-state index in [2.05, 4.69) is 163 Å². The second kappa shape index (κ2) is 10.9. The number of benzene rings is 6. The summed E-state index contributed by atoms with van der Waals surface area (Å²) < 4.78 is 0. The molecule has 8 aromatic rings. The molecule has 0 saturated heterocycles. The summed E-state index contributed by atoms with van der Waals surface area (Å²) in [6.45, 7) is 0.00159. The first-order valence-electron chi connectivity index (χ1n) is 15.7. The van der Waals surface area contributed by atoms with Crippen LogP contribution in [-0.4, -0.2) is 16.7 Å². The van der Waals surface area contributed by atoms with E-state index >= 15 is 0 Å². The second-order valence-corrected chi connectivity index (χ2v) is 11.8. The topological polar surface area (TPSA) is 29.0 Å². The highest BCUT2D eigenvalue weighted by atomic mass is 15.1. The Morgan fingerprint density at radius 2 is 1.15 bits per heavy atom. The first kappa shape index (κ1) is 26.4. The Morgan fingerprint density at radius 1 is 0.457 bits per heavy atom. The number of pyridine rings is 2. The summed E-state index contributed by atoms with van der Waals surface area (Å²) in [4.78, 5) is 12.3. The number of nitrogens with zero attached hydrogens (tertiary/aromatic N) is 3. The smallest absolute Gasteiger partial charge is 0.243 e. The van der Waals surface area contributed by atoms with Gasteiger partial charge in [-0.3, -0.25) is 9.97 Å². The van der Waals surface area contributed by atoms with Gasteiger partial charge < -0.3 is 4.90 Å². The van der Waals surface area contributed by atoms with Crippen molar-refractivity contribution < 1.29 is 0 Å². The number of anilines is 3. The Labute approximate surface area is 268 Å². The van der Waals surface area contributed by atoms with Gasteiger partial charge in [-0.15, -0.1) is 0 Å². The lowest BCUT2D eigenvalue weighted by atomic mass is 9.33. The van der Waals surface area contributed by atoms with Crippen LogP contribution in [0.1, 0.15) is 0 Å². The number of para-hydroxylation sites is 2. The van der Waals surface area contributed by atoms with Gasteiger partial charge in [0.05, 0.1) is 16.7 Å². The lowest BCUT2D eigenvalue weighted by Crippen LogP contribution is -2.55. The van der Waals surface area contributed by atoms with E-state index < -0.39 is 0 Å². The average molecular weight is 586 g/mol. The molecule has 2 aromatic heterocycles. The Hall–Kier alpha value is -6.00. The summed E-state index contributed by atoms with van der Waals surface area (Å²) in [6.07, 6.45) is 3.86. The standard InChI is InChI=1S/C42H28BN3/c1-4-13-29(14-5-1)30-27-38-41-34(24-26-44-39(41)28-30)33-19-10-11-21-36(33)43(38)37-22-23-40(42-35(37)20-12-25-45-42)46(31-15-6-2-7-16-31)32-17-8-3-9-18-32/h1-28H. The molecule has 6 aromatic carbocycles. The van der Waals surface area contributed by atoms with Crippen LogP contribution in [0.15, 0.2) is 170 Å². The van der Waals surface area contributed by atoms with Crippen LogP contribution in [0, 0.1) is 0 Å². The highest BCUT2D eigenvalue weighted by molar-refractivity contribution is 6.99. The molecule has 9 rings (SSSR count). The molecular weight excluding hydrogens is 557 g/mol. The highest BCUT2D eigenvalue weighted by Crippen LogP contribution is 2.38. The summed E-state index contributed by atoms with van der Waals surface area (Å²) in [5.74, 6) is 0. The van der Waals surface area contributed by atoms with Crippen LogP contribution in [0.5, 0.6) is 0 Å². The van der Waals surface area contributed by atoms with E-state index in [9.17, 15) is 0 Å². The van der Waals surface area contributed by atoms with Crippen molar-refractivity contribution in [1.82, 2.24) is 9.97 Å². The minimum Gasteiger partial charge on any atom is -0.308 e. The van der Waals surface area contributed by atoms with Gasteiger partial charge in [-0.05, 0) is 76.2 Å². The van der Waals surface area contributed by atoms with Crippen LogP contribution < -0.4 is 21.3 Å². The van der Waals surface area contributed by atoms with E-state index in [1.807, 2.05) is 12.4 Å². The van der Waals surface area contributed by atoms with Gasteiger partial charge in [-0.2, -0.15) is 0 Å². The lowest BCUT2D eigenvalue weighted by molar-refractivity contribution is 1.28. The SMILES string of the molecule is c1ccc(-c2cc3c4c(ccnc4c2)-c2ccccc2B3c2ccc(N(c3ccccc3)c3ccccc3)c3ncccc23)cc1. The fourth-order valence-electron chi connectivity index (χ4n) is 7.26. The average Bonchev–Trinajstić information content (AvgIpc) is 3.13. The van der Waals surface area contributed by atoms with Gasteiger partial charge in [0.25, 0.3) is 0 Å². The molecule has 1 aliphatic rings. The molecule has 0 fully saturated rings. The quantitative estimate of drug-likeness (QED) is 0.190. The second-order valence-electron chi connectivity index (χ2n) is 11.8. The molecule has 1 aliphatic heterocycles. The molecule has 0 unspecified atom stereocenters. The van der Waals surface area contributed by atoms with Crippen molar-refractivity contribution in [2.24, 2.45) is 0 Å². The van der Waals surface area contributed by atoms with Crippen LogP contribution >= 0.6 is 0 Å². The zero-order chi connectivity index (χ0) is 30.5. The number of rotatable bonds is 5. The van der Waals surface area contributed by atoms with E-state index in [1.54, 1.807) is 0 Å². The Kier molecular flexibility index (Phi) is 6.24. The molecular formula is C42H28BN3. The van der Waals surface area contributed by atoms with Crippen molar-refractivity contribution in [1.29, 1.82) is 0 Å². The van der Waals surface area contributed by atoms with Crippen molar-refractivity contribution in [3.05, 3.63) is 170 Å². The molecule has 0 saturated carbocycles. The van der Waals surface area contributed by atoms with Gasteiger partial charge >= 0.3 is 0 Å². The summed E-state index contributed by atoms with van der Waals surface area (Å²) in [5.41, 5.74) is 13.9. The van der Waals surface area contributed by atoms with E-state index in [0.29, 0.717) is 0 Å². The Balaban J connectivity index is 1.33. The van der Waals surface area contributed by atoms with Crippen LogP contribution in [0.4, 0.5) is 17.1 Å². The zero-order valence-corrected chi connectivity index (χ0v) is 25.1. The van der Waals surface area contributed by atoms with Gasteiger partial charge in [0.1, 0.15) is 0 Å². The Bertz CT molecular complexity index is 2330. The van der Waals surface area contributed by atoms with Crippen LogP contribution in [0.3, 0.4) is 0 Å². The number of hydrogen-bond acceptors (Lipinski definition) is 3. The first-order chi connectivity index (χ1) is 22.8. The number of fused-ring (bicyclic) bond motifs is 3. The van der Waals surface area contributed by atoms with Crippen molar-refractivity contribution in [2.75, 3.05) is 4.90 Å². The minimum atomic E-state index is 0.00159. The maximum Gasteiger partial charge on any atom is 0.243 e. The molecule has 4 heteroatoms. The van der Waals surface area contributed by atoms with Crippen molar-refractivity contribution >= 4 is 62.0 Å². The van der Waals surface area contributed by atoms with E-state index in [0.717, 1.165) is 33.5 Å². The number of aromatic nitrogens is 2. The number of hydrogen-bond donors (Lipinski definition) is 0. The van der Waals surface area contributed by atoms with Crippen LogP contribution in [-0.2, 0) is 0 Å². The fourth-order valence-corrected chi connectivity index (χ4v) is 7.26. The fraction of sp³-hybridized carbons (Fsp3) is 0. The lowest BCUT2D eigenvalue weighted by Gasteiger charge is -2.30. The minimum absolute atomic E-state index is 0.00159. The third kappa shape index (κ3) is 4.22. The zero-order valence-electron chi connectivity index (χ0n) is 25.1. The Morgan fingerprint density at radius 3 is 1.91 bits per heavy atom. The predicted octanol–water partition coefficient (Wildman–Crippen LogP) is 8.42. The molecule has 0 radical (unpaired) electrons. The maximum absolute atomic E-state index is 5.07. The van der Waals surface area contributed by atoms with E-state index in [-0.39, 0.29) is 6.71 Å². The van der Waals surface area contributed by atoms with Crippen molar-refractivity contribution in [2.45, 2.75) is 0 Å². The monoisotopic (exact) mass is 585 g/mol. The molecule has 0 bridgehead atoms. The highest BCUT2D eigenvalue weighted by Gasteiger charge is 2.34. The molecule has 3 nitrogen and oxygen atoms in total. The molecule has 0 aliphatic carbocycles. The molecule has 0 atom stereocenters. The normalized spacial score (nSPS) is 11.9. The van der Waals surface area contributed by atoms with Gasteiger partial charge in [-0.1, -0.05) is 126 Å². The third-order valence-electron chi connectivity index (χ3n) is 9.22. The van der Waals surface area contributed by atoms with Crippen LogP contribution in [0.2, 0.25) is 0 Å². The molecule has 0 N–H and O–H groups in total. The summed E-state index contributed by atoms with van der Waals surface area (Å²) >= 11 is 0. The van der Waals surface area contributed by atoms with Gasteiger partial charge in [0, 0.05) is 29.2 Å². The maximum atomic E-state index is 5.07. The first-order valence-corrected chi connectivity index (χ1v) is 15.7. The van der Waals surface area contributed by atoms with Gasteiger partial charge in [0.15, 0.2) is 0 Å². The molecule has 0 amide bonds. The molecule has 214 valence electrons. The van der Waals surface area contributed by atoms with E-state index in [1.165, 1.54) is 44.0 Å². The summed E-state index contributed by atoms with van der Waals surface area (Å²) in [7, 11) is 0. The molecule has 46 heavy (non-hydrogen) atoms. The predicted molar refractivity (Wildman–Crippen MR) is 194 cm³/mol. The van der Waals surface area contributed by atoms with Crippen molar-refractivity contribution in [3.63, 3.8) is 0 Å². The van der Waals surface area contributed by atoms with Crippen LogP contribution in [0.25, 0.3) is 44.1 Å². The van der Waals surface area contributed by atoms with Gasteiger partial charge in [0.2, 0.25) is 6.71 Å². The van der Waals surface area contributed by atoms with Crippen molar-refractivity contribution in [3.8, 4) is 22.3 Å². The molecule has 0 spiro atoms. The van der Waals surface area contributed by atoms with E-state index in [4.69, 9.17) is 9.97 Å². The largest absolute Gasteiger partial charge is 0.308 e. The molecule has 3 heterocycles. The summed E-state index contributed by atoms with van der Waals surface area (Å²) in [6, 6.07) is 56.2. The summed E-state index contributed by atoms with van der Waals surface area (Å²) in [5, 5.41) is 2.37.